The summed E-state index contributed by atoms with van der Waals surface area (Å²) in [7, 11) is 0. The average Bonchev–Trinajstić information content (AvgIpc) is 3.40. The second kappa shape index (κ2) is 9.45. The zero-order valence-corrected chi connectivity index (χ0v) is 19.6. The molecule has 162 valence electrons. The number of carbonyl (C=O) groups excluding carboxylic acids is 1. The van der Waals surface area contributed by atoms with Gasteiger partial charge in [-0.05, 0) is 57.4 Å². The van der Waals surface area contributed by atoms with Gasteiger partial charge in [-0.3, -0.25) is 9.36 Å². The number of amides is 1. The van der Waals surface area contributed by atoms with Crippen LogP contribution in [-0.4, -0.2) is 25.9 Å². The molecule has 1 aliphatic rings. The molecule has 2 aromatic carbocycles. The van der Waals surface area contributed by atoms with Gasteiger partial charge in [-0.2, -0.15) is 0 Å². The van der Waals surface area contributed by atoms with Crippen LogP contribution in [0.3, 0.4) is 0 Å². The molecule has 0 spiro atoms. The summed E-state index contributed by atoms with van der Waals surface area (Å²) in [5.41, 5.74) is 3.95. The van der Waals surface area contributed by atoms with E-state index in [1.807, 2.05) is 57.2 Å². The van der Waals surface area contributed by atoms with Crippen LogP contribution in [0, 0.1) is 13.8 Å². The molecule has 3 aromatic rings. The van der Waals surface area contributed by atoms with Crippen LogP contribution in [-0.2, 0) is 4.79 Å². The molecule has 1 saturated carbocycles. The zero-order chi connectivity index (χ0) is 22.0. The van der Waals surface area contributed by atoms with Crippen molar-refractivity contribution in [2.45, 2.75) is 62.9 Å². The standard InChI is InChI=1S/C24H27ClN4OS/c1-15-12-13-21(16(2)14-15)26-23(30)17(3)31-24-28-27-22(19-10-6-7-11-20(19)25)29(24)18-8-4-5-9-18/h6-7,10-14,17-18H,4-5,8-9H2,1-3H3,(H,26,30). The minimum atomic E-state index is -0.316. The molecule has 1 amide bonds. The molecule has 1 aliphatic carbocycles. The van der Waals surface area contributed by atoms with Gasteiger partial charge >= 0.3 is 0 Å². The Labute approximate surface area is 192 Å². The van der Waals surface area contributed by atoms with Crippen molar-refractivity contribution in [3.05, 3.63) is 58.6 Å². The summed E-state index contributed by atoms with van der Waals surface area (Å²) in [6, 6.07) is 14.1. The summed E-state index contributed by atoms with van der Waals surface area (Å²) in [5.74, 6) is 0.735. The van der Waals surface area contributed by atoms with Crippen molar-refractivity contribution >= 4 is 35.0 Å². The van der Waals surface area contributed by atoms with Crippen molar-refractivity contribution in [1.82, 2.24) is 14.8 Å². The molecule has 4 rings (SSSR count). The number of nitrogens with one attached hydrogen (secondary N) is 1. The Hall–Kier alpha value is -2.31. The van der Waals surface area contributed by atoms with Crippen LogP contribution in [0.25, 0.3) is 11.4 Å². The fraction of sp³-hybridized carbons (Fsp3) is 0.375. The van der Waals surface area contributed by atoms with Crippen molar-refractivity contribution in [1.29, 1.82) is 0 Å². The summed E-state index contributed by atoms with van der Waals surface area (Å²) in [5, 5.41) is 13.1. The second-order valence-electron chi connectivity index (χ2n) is 8.16. The number of aromatic nitrogens is 3. The first-order valence-electron chi connectivity index (χ1n) is 10.7. The van der Waals surface area contributed by atoms with E-state index in [1.165, 1.54) is 30.2 Å². The highest BCUT2D eigenvalue weighted by molar-refractivity contribution is 8.00. The first-order chi connectivity index (χ1) is 14.9. The van der Waals surface area contributed by atoms with Gasteiger partial charge in [-0.1, -0.05) is 66.0 Å². The first-order valence-corrected chi connectivity index (χ1v) is 11.9. The van der Waals surface area contributed by atoms with Gasteiger partial charge < -0.3 is 5.32 Å². The number of hydrogen-bond donors (Lipinski definition) is 1. The Balaban J connectivity index is 1.59. The summed E-state index contributed by atoms with van der Waals surface area (Å²) in [4.78, 5) is 12.9. The molecule has 1 atom stereocenters. The predicted octanol–water partition coefficient (Wildman–Crippen LogP) is 6.45. The average molecular weight is 455 g/mol. The fourth-order valence-electron chi connectivity index (χ4n) is 4.08. The minimum Gasteiger partial charge on any atom is -0.325 e. The molecule has 31 heavy (non-hydrogen) atoms. The van der Waals surface area contributed by atoms with Crippen molar-refractivity contribution in [3.8, 4) is 11.4 Å². The summed E-state index contributed by atoms with van der Waals surface area (Å²) in [6.07, 6.45) is 4.56. The Kier molecular flexibility index (Phi) is 6.68. The lowest BCUT2D eigenvalue weighted by molar-refractivity contribution is -0.115. The zero-order valence-electron chi connectivity index (χ0n) is 18.1. The van der Waals surface area contributed by atoms with E-state index in [0.717, 1.165) is 40.6 Å². The molecule has 7 heteroatoms. The number of hydrogen-bond acceptors (Lipinski definition) is 4. The number of halogens is 1. The summed E-state index contributed by atoms with van der Waals surface area (Å²) < 4.78 is 2.19. The molecule has 1 fully saturated rings. The van der Waals surface area contributed by atoms with Crippen LogP contribution in [0.5, 0.6) is 0 Å². The Morgan fingerprint density at radius 3 is 2.61 bits per heavy atom. The smallest absolute Gasteiger partial charge is 0.237 e. The third-order valence-electron chi connectivity index (χ3n) is 5.76. The number of aryl methyl sites for hydroxylation is 2. The van der Waals surface area contributed by atoms with Crippen molar-refractivity contribution < 1.29 is 4.79 Å². The molecule has 0 bridgehead atoms. The second-order valence-corrected chi connectivity index (χ2v) is 9.88. The molecule has 1 N–H and O–H groups in total. The van der Waals surface area contributed by atoms with E-state index in [2.05, 4.69) is 26.1 Å². The number of thioether (sulfide) groups is 1. The summed E-state index contributed by atoms with van der Waals surface area (Å²) in [6.45, 7) is 5.96. The quantitative estimate of drug-likeness (QED) is 0.435. The highest BCUT2D eigenvalue weighted by Gasteiger charge is 2.28. The van der Waals surface area contributed by atoms with E-state index in [-0.39, 0.29) is 11.2 Å². The van der Waals surface area contributed by atoms with Crippen LogP contribution in [0.4, 0.5) is 5.69 Å². The van der Waals surface area contributed by atoms with E-state index < -0.39 is 0 Å². The molecule has 0 radical (unpaired) electrons. The van der Waals surface area contributed by atoms with Gasteiger partial charge in [-0.25, -0.2) is 0 Å². The monoisotopic (exact) mass is 454 g/mol. The fourth-order valence-corrected chi connectivity index (χ4v) is 5.21. The van der Waals surface area contributed by atoms with Gasteiger partial charge in [0.05, 0.1) is 10.3 Å². The van der Waals surface area contributed by atoms with E-state index in [1.54, 1.807) is 0 Å². The molecule has 1 unspecified atom stereocenters. The first kappa shape index (κ1) is 21.9. The minimum absolute atomic E-state index is 0.0442. The Morgan fingerprint density at radius 2 is 1.90 bits per heavy atom. The van der Waals surface area contributed by atoms with E-state index >= 15 is 0 Å². The molecule has 5 nitrogen and oxygen atoms in total. The third kappa shape index (κ3) is 4.80. The van der Waals surface area contributed by atoms with Gasteiger partial charge in [-0.15, -0.1) is 10.2 Å². The van der Waals surface area contributed by atoms with Crippen molar-refractivity contribution in [3.63, 3.8) is 0 Å². The highest BCUT2D eigenvalue weighted by Crippen LogP contribution is 2.39. The Morgan fingerprint density at radius 1 is 1.16 bits per heavy atom. The maximum Gasteiger partial charge on any atom is 0.237 e. The van der Waals surface area contributed by atoms with E-state index in [0.29, 0.717) is 11.1 Å². The highest BCUT2D eigenvalue weighted by atomic mass is 35.5. The van der Waals surface area contributed by atoms with E-state index in [9.17, 15) is 4.79 Å². The molecular weight excluding hydrogens is 428 g/mol. The normalized spacial score (nSPS) is 15.2. The van der Waals surface area contributed by atoms with E-state index in [4.69, 9.17) is 11.6 Å². The maximum atomic E-state index is 12.9. The van der Waals surface area contributed by atoms with Gasteiger partial charge in [0, 0.05) is 17.3 Å². The van der Waals surface area contributed by atoms with Crippen molar-refractivity contribution in [2.75, 3.05) is 5.32 Å². The molecule has 1 aromatic heterocycles. The lowest BCUT2D eigenvalue weighted by atomic mass is 10.1. The van der Waals surface area contributed by atoms with Gasteiger partial charge in [0.25, 0.3) is 0 Å². The lowest BCUT2D eigenvalue weighted by Gasteiger charge is -2.19. The number of anilines is 1. The lowest BCUT2D eigenvalue weighted by Crippen LogP contribution is -2.23. The van der Waals surface area contributed by atoms with Gasteiger partial charge in [0.2, 0.25) is 5.91 Å². The van der Waals surface area contributed by atoms with Crippen LogP contribution < -0.4 is 5.32 Å². The molecule has 1 heterocycles. The van der Waals surface area contributed by atoms with Gasteiger partial charge in [0.15, 0.2) is 11.0 Å². The number of nitrogens with zero attached hydrogens (tertiary/aromatic N) is 3. The number of carbonyl (C=O) groups is 1. The van der Waals surface area contributed by atoms with Gasteiger partial charge in [0.1, 0.15) is 0 Å². The van der Waals surface area contributed by atoms with Crippen LogP contribution in [0.1, 0.15) is 49.8 Å². The summed E-state index contributed by atoms with van der Waals surface area (Å²) >= 11 is 7.92. The predicted molar refractivity (Wildman–Crippen MR) is 128 cm³/mol. The molecule has 0 saturated heterocycles. The number of benzene rings is 2. The maximum absolute atomic E-state index is 12.9. The van der Waals surface area contributed by atoms with Crippen LogP contribution in [0.15, 0.2) is 47.6 Å². The van der Waals surface area contributed by atoms with Crippen LogP contribution in [0.2, 0.25) is 5.02 Å². The SMILES string of the molecule is Cc1ccc(NC(=O)C(C)Sc2nnc(-c3ccccc3Cl)n2C2CCCC2)c(C)c1. The Bertz CT molecular complexity index is 1090. The van der Waals surface area contributed by atoms with Crippen molar-refractivity contribution in [2.24, 2.45) is 0 Å². The van der Waals surface area contributed by atoms with Crippen LogP contribution >= 0.6 is 23.4 Å². The number of rotatable bonds is 6. The topological polar surface area (TPSA) is 59.8 Å². The molecular formula is C24H27ClN4OS. The largest absolute Gasteiger partial charge is 0.325 e. The third-order valence-corrected chi connectivity index (χ3v) is 7.15. The molecule has 0 aliphatic heterocycles.